The molecule has 1 aromatic rings. The Morgan fingerprint density at radius 3 is 3.00 bits per heavy atom. The minimum Gasteiger partial charge on any atom is -0.482 e. The summed E-state index contributed by atoms with van der Waals surface area (Å²) in [7, 11) is 2.01. The summed E-state index contributed by atoms with van der Waals surface area (Å²) in [5, 5.41) is 2.81. The number of nitrogens with two attached hydrogens (primary N) is 1. The van der Waals surface area contributed by atoms with Crippen LogP contribution in [0.2, 0.25) is 0 Å². The highest BCUT2D eigenvalue weighted by atomic mass is 16.5. The highest BCUT2D eigenvalue weighted by Gasteiger charge is 2.39. The number of nitrogens with zero attached hydrogens (tertiary/aromatic N) is 1. The van der Waals surface area contributed by atoms with E-state index in [1.807, 2.05) is 25.2 Å². The normalized spacial score (nSPS) is 19.6. The van der Waals surface area contributed by atoms with Gasteiger partial charge in [-0.05, 0) is 31.0 Å². The zero-order valence-corrected chi connectivity index (χ0v) is 10.4. The molecule has 1 aliphatic heterocycles. The summed E-state index contributed by atoms with van der Waals surface area (Å²) in [6.07, 6.45) is 2.17. The van der Waals surface area contributed by atoms with Crippen LogP contribution in [0.15, 0.2) is 18.2 Å². The van der Waals surface area contributed by atoms with Crippen LogP contribution < -0.4 is 20.7 Å². The summed E-state index contributed by atoms with van der Waals surface area (Å²) in [6.45, 7) is 0.925. The number of rotatable bonds is 3. The molecule has 3 N–H and O–H groups in total. The van der Waals surface area contributed by atoms with Crippen molar-refractivity contribution in [3.63, 3.8) is 0 Å². The van der Waals surface area contributed by atoms with Crippen LogP contribution in [0.4, 0.5) is 11.4 Å². The largest absolute Gasteiger partial charge is 0.482 e. The molecular formula is C13H17N3O2. The maximum Gasteiger partial charge on any atom is 0.262 e. The van der Waals surface area contributed by atoms with Gasteiger partial charge in [0.1, 0.15) is 5.75 Å². The standard InChI is InChI=1S/C13H17N3O2/c1-16(8-13(14)4-5-13)9-2-3-11-10(6-9)15-12(17)7-18-11/h2-3,6H,4-5,7-8,14H2,1H3,(H,15,17). The number of nitrogens with one attached hydrogen (secondary N) is 1. The van der Waals surface area contributed by atoms with Crippen molar-refractivity contribution in [2.24, 2.45) is 5.73 Å². The summed E-state index contributed by atoms with van der Waals surface area (Å²) < 4.78 is 5.33. The van der Waals surface area contributed by atoms with E-state index in [-0.39, 0.29) is 18.1 Å². The average molecular weight is 247 g/mol. The van der Waals surface area contributed by atoms with Crippen LogP contribution in [0.25, 0.3) is 0 Å². The Morgan fingerprint density at radius 2 is 2.28 bits per heavy atom. The number of hydrogen-bond donors (Lipinski definition) is 2. The fourth-order valence-corrected chi connectivity index (χ4v) is 2.19. The first-order valence-electron chi connectivity index (χ1n) is 6.12. The number of likely N-dealkylation sites (N-methyl/N-ethyl adjacent to an activating group) is 1. The molecule has 2 aliphatic rings. The van der Waals surface area contributed by atoms with Crippen molar-refractivity contribution in [1.29, 1.82) is 0 Å². The van der Waals surface area contributed by atoms with Crippen molar-refractivity contribution in [3.8, 4) is 5.75 Å². The highest BCUT2D eigenvalue weighted by molar-refractivity contribution is 5.96. The van der Waals surface area contributed by atoms with E-state index in [0.29, 0.717) is 0 Å². The number of ether oxygens (including phenoxy) is 1. The van der Waals surface area contributed by atoms with E-state index in [1.165, 1.54) is 0 Å². The second-order valence-electron chi connectivity index (χ2n) is 5.24. The van der Waals surface area contributed by atoms with Crippen LogP contribution in [0.3, 0.4) is 0 Å². The number of benzene rings is 1. The monoisotopic (exact) mass is 247 g/mol. The van der Waals surface area contributed by atoms with Crippen LogP contribution in [-0.4, -0.2) is 31.6 Å². The Bertz CT molecular complexity index is 497. The van der Waals surface area contributed by atoms with Gasteiger partial charge in [0.25, 0.3) is 5.91 Å². The molecule has 3 rings (SSSR count). The molecule has 0 unspecified atom stereocenters. The molecule has 5 heteroatoms. The molecule has 1 aromatic carbocycles. The quantitative estimate of drug-likeness (QED) is 0.834. The number of amides is 1. The third kappa shape index (κ3) is 2.13. The second-order valence-corrected chi connectivity index (χ2v) is 5.24. The van der Waals surface area contributed by atoms with E-state index < -0.39 is 0 Å². The van der Waals surface area contributed by atoms with Crippen molar-refractivity contribution in [2.75, 3.05) is 30.4 Å². The number of fused-ring (bicyclic) bond motifs is 1. The second kappa shape index (κ2) is 3.88. The van der Waals surface area contributed by atoms with Gasteiger partial charge in [0, 0.05) is 24.8 Å². The van der Waals surface area contributed by atoms with Crippen molar-refractivity contribution in [3.05, 3.63) is 18.2 Å². The van der Waals surface area contributed by atoms with Crippen molar-refractivity contribution in [2.45, 2.75) is 18.4 Å². The van der Waals surface area contributed by atoms with Gasteiger partial charge in [0.2, 0.25) is 0 Å². The maximum absolute atomic E-state index is 11.3. The summed E-state index contributed by atoms with van der Waals surface area (Å²) >= 11 is 0. The first kappa shape index (κ1) is 11.3. The zero-order valence-electron chi connectivity index (χ0n) is 10.4. The minimum absolute atomic E-state index is 0.0234. The van der Waals surface area contributed by atoms with Crippen LogP contribution in [0, 0.1) is 0 Å². The number of carbonyl (C=O) groups excluding carboxylic acids is 1. The van der Waals surface area contributed by atoms with Crippen LogP contribution in [-0.2, 0) is 4.79 Å². The summed E-state index contributed by atoms with van der Waals surface area (Å²) in [5.41, 5.74) is 7.86. The molecular weight excluding hydrogens is 230 g/mol. The van der Waals surface area contributed by atoms with Crippen molar-refractivity contribution in [1.82, 2.24) is 0 Å². The van der Waals surface area contributed by atoms with Gasteiger partial charge in [0.15, 0.2) is 6.61 Å². The molecule has 0 bridgehead atoms. The third-order valence-electron chi connectivity index (χ3n) is 3.48. The lowest BCUT2D eigenvalue weighted by Gasteiger charge is -2.25. The number of hydrogen-bond acceptors (Lipinski definition) is 4. The predicted molar refractivity (Wildman–Crippen MR) is 70.0 cm³/mol. The lowest BCUT2D eigenvalue weighted by Crippen LogP contribution is -2.37. The molecule has 1 saturated carbocycles. The Kier molecular flexibility index (Phi) is 2.45. The highest BCUT2D eigenvalue weighted by Crippen LogP contribution is 2.36. The predicted octanol–water partition coefficient (Wildman–Crippen LogP) is 0.945. The molecule has 1 aliphatic carbocycles. The zero-order chi connectivity index (χ0) is 12.8. The molecule has 18 heavy (non-hydrogen) atoms. The molecule has 0 aromatic heterocycles. The van der Waals surface area contributed by atoms with E-state index in [4.69, 9.17) is 10.5 Å². The van der Waals surface area contributed by atoms with Gasteiger partial charge in [-0.15, -0.1) is 0 Å². The summed E-state index contributed by atoms with van der Waals surface area (Å²) in [5.74, 6) is 0.612. The Balaban J connectivity index is 1.80. The molecule has 1 heterocycles. The van der Waals surface area contributed by atoms with E-state index in [0.717, 1.165) is 36.5 Å². The van der Waals surface area contributed by atoms with Gasteiger partial charge in [-0.1, -0.05) is 0 Å². The lowest BCUT2D eigenvalue weighted by molar-refractivity contribution is -0.118. The lowest BCUT2D eigenvalue weighted by atomic mass is 10.2. The van der Waals surface area contributed by atoms with E-state index >= 15 is 0 Å². The van der Waals surface area contributed by atoms with E-state index in [9.17, 15) is 4.79 Å². The van der Waals surface area contributed by atoms with Gasteiger partial charge in [-0.2, -0.15) is 0 Å². The molecule has 5 nitrogen and oxygen atoms in total. The minimum atomic E-state index is -0.111. The average Bonchev–Trinajstić information content (AvgIpc) is 3.05. The first-order chi connectivity index (χ1) is 8.56. The van der Waals surface area contributed by atoms with Gasteiger partial charge < -0.3 is 20.7 Å². The first-order valence-corrected chi connectivity index (χ1v) is 6.12. The number of carbonyl (C=O) groups is 1. The molecule has 0 radical (unpaired) electrons. The van der Waals surface area contributed by atoms with Crippen LogP contribution in [0.5, 0.6) is 5.75 Å². The van der Waals surface area contributed by atoms with Gasteiger partial charge in [0.05, 0.1) is 5.69 Å². The van der Waals surface area contributed by atoms with Gasteiger partial charge in [-0.3, -0.25) is 4.79 Å². The molecule has 0 spiro atoms. The molecule has 0 saturated heterocycles. The Morgan fingerprint density at radius 1 is 1.50 bits per heavy atom. The third-order valence-corrected chi connectivity index (χ3v) is 3.48. The molecule has 96 valence electrons. The fourth-order valence-electron chi connectivity index (χ4n) is 2.19. The summed E-state index contributed by atoms with van der Waals surface area (Å²) in [6, 6.07) is 5.80. The summed E-state index contributed by atoms with van der Waals surface area (Å²) in [4.78, 5) is 13.4. The smallest absolute Gasteiger partial charge is 0.262 e. The topological polar surface area (TPSA) is 67.6 Å². The Hall–Kier alpha value is -1.75. The van der Waals surface area contributed by atoms with Crippen LogP contribution in [0.1, 0.15) is 12.8 Å². The maximum atomic E-state index is 11.3. The SMILES string of the molecule is CN(CC1(N)CC1)c1ccc2c(c1)NC(=O)CO2. The fraction of sp³-hybridized carbons (Fsp3) is 0.462. The molecule has 1 amide bonds. The van der Waals surface area contributed by atoms with Gasteiger partial charge in [-0.25, -0.2) is 0 Å². The van der Waals surface area contributed by atoms with E-state index in [1.54, 1.807) is 0 Å². The van der Waals surface area contributed by atoms with Crippen LogP contribution >= 0.6 is 0 Å². The Labute approximate surface area is 106 Å². The van der Waals surface area contributed by atoms with Crippen molar-refractivity contribution < 1.29 is 9.53 Å². The van der Waals surface area contributed by atoms with Gasteiger partial charge >= 0.3 is 0 Å². The molecule has 1 fully saturated rings. The van der Waals surface area contributed by atoms with Crippen molar-refractivity contribution >= 4 is 17.3 Å². The van der Waals surface area contributed by atoms with E-state index in [2.05, 4.69) is 10.2 Å². The number of anilines is 2. The molecule has 0 atom stereocenters.